The third-order valence-corrected chi connectivity index (χ3v) is 5.16. The van der Waals surface area contributed by atoms with Gasteiger partial charge < -0.3 is 14.8 Å². The van der Waals surface area contributed by atoms with E-state index < -0.39 is 11.6 Å². The predicted molar refractivity (Wildman–Crippen MR) is 105 cm³/mol. The maximum Gasteiger partial charge on any atom is 0.325 e. The first-order valence-electron chi connectivity index (χ1n) is 8.67. The lowest BCUT2D eigenvalue weighted by atomic mass is 9.87. The summed E-state index contributed by atoms with van der Waals surface area (Å²) >= 11 is 3.38. The van der Waals surface area contributed by atoms with Crippen LogP contribution in [0.3, 0.4) is 0 Å². The number of methoxy groups -OCH3 is 1. The normalized spacial score (nSPS) is 19.1. The van der Waals surface area contributed by atoms with E-state index in [9.17, 15) is 9.59 Å². The molecule has 0 saturated carbocycles. The average Bonchev–Trinajstić information content (AvgIpc) is 2.93. The summed E-state index contributed by atoms with van der Waals surface area (Å²) < 4.78 is 11.7. The summed E-state index contributed by atoms with van der Waals surface area (Å²) in [5.74, 6) is 1.10. The van der Waals surface area contributed by atoms with Gasteiger partial charge in [-0.1, -0.05) is 41.1 Å². The maximum absolute atomic E-state index is 13.1. The second-order valence-corrected chi connectivity index (χ2v) is 7.10. The van der Waals surface area contributed by atoms with Crippen LogP contribution in [0.2, 0.25) is 0 Å². The first-order chi connectivity index (χ1) is 13.0. The van der Waals surface area contributed by atoms with Crippen LogP contribution in [0.25, 0.3) is 0 Å². The topological polar surface area (TPSA) is 67.9 Å². The van der Waals surface area contributed by atoms with Gasteiger partial charge in [0.2, 0.25) is 0 Å². The molecule has 0 radical (unpaired) electrons. The Morgan fingerprint density at radius 2 is 1.85 bits per heavy atom. The molecule has 1 aliphatic heterocycles. The van der Waals surface area contributed by atoms with Gasteiger partial charge in [-0.3, -0.25) is 9.69 Å². The highest BCUT2D eigenvalue weighted by Gasteiger charge is 2.51. The summed E-state index contributed by atoms with van der Waals surface area (Å²) in [6.45, 7) is 2.27. The van der Waals surface area contributed by atoms with Gasteiger partial charge in [-0.2, -0.15) is 0 Å². The first-order valence-corrected chi connectivity index (χ1v) is 9.46. The zero-order valence-electron chi connectivity index (χ0n) is 15.2. The van der Waals surface area contributed by atoms with E-state index in [0.717, 1.165) is 10.0 Å². The fraction of sp³-hybridized carbons (Fsp3) is 0.300. The molecule has 6 nitrogen and oxygen atoms in total. The van der Waals surface area contributed by atoms with Crippen molar-refractivity contribution in [2.24, 2.45) is 0 Å². The minimum atomic E-state index is -1.06. The summed E-state index contributed by atoms with van der Waals surface area (Å²) in [7, 11) is 1.58. The Morgan fingerprint density at radius 1 is 1.11 bits per heavy atom. The van der Waals surface area contributed by atoms with Crippen molar-refractivity contribution >= 4 is 27.9 Å². The van der Waals surface area contributed by atoms with E-state index in [-0.39, 0.29) is 19.1 Å². The molecule has 1 heterocycles. The number of benzene rings is 2. The summed E-state index contributed by atoms with van der Waals surface area (Å²) in [4.78, 5) is 26.7. The summed E-state index contributed by atoms with van der Waals surface area (Å²) in [6, 6.07) is 14.2. The predicted octanol–water partition coefficient (Wildman–Crippen LogP) is 3.69. The maximum atomic E-state index is 13.1. The number of carbonyl (C=O) groups is 2. The number of carbonyl (C=O) groups excluding carboxylic acids is 2. The van der Waals surface area contributed by atoms with Crippen LogP contribution in [0.5, 0.6) is 11.5 Å². The Bertz CT molecular complexity index is 840. The molecule has 3 amide bonds. The van der Waals surface area contributed by atoms with Gasteiger partial charge in [0.25, 0.3) is 5.91 Å². The van der Waals surface area contributed by atoms with Crippen molar-refractivity contribution < 1.29 is 19.1 Å². The van der Waals surface area contributed by atoms with Crippen LogP contribution in [-0.4, -0.2) is 37.1 Å². The Labute approximate surface area is 166 Å². The zero-order chi connectivity index (χ0) is 19.4. The Morgan fingerprint density at radius 3 is 2.48 bits per heavy atom. The number of imide groups is 1. The van der Waals surface area contributed by atoms with Gasteiger partial charge in [-0.05, 0) is 42.3 Å². The zero-order valence-corrected chi connectivity index (χ0v) is 16.8. The van der Waals surface area contributed by atoms with Gasteiger partial charge in [0.05, 0.1) is 13.7 Å². The molecule has 1 atom stereocenters. The van der Waals surface area contributed by atoms with Crippen LogP contribution in [-0.2, 0) is 10.3 Å². The quantitative estimate of drug-likeness (QED) is 0.677. The van der Waals surface area contributed by atoms with E-state index in [1.54, 1.807) is 19.2 Å². The number of nitrogens with one attached hydrogen (secondary N) is 1. The van der Waals surface area contributed by atoms with Crippen LogP contribution in [0.1, 0.15) is 18.9 Å². The Balaban J connectivity index is 1.72. The van der Waals surface area contributed by atoms with Gasteiger partial charge in [0, 0.05) is 4.47 Å². The molecule has 1 N–H and O–H groups in total. The molecule has 0 aromatic heterocycles. The second-order valence-electron chi connectivity index (χ2n) is 6.18. The van der Waals surface area contributed by atoms with Crippen molar-refractivity contribution in [3.05, 3.63) is 58.6 Å². The molecule has 2 aromatic rings. The molecule has 142 valence electrons. The number of halogens is 1. The summed E-state index contributed by atoms with van der Waals surface area (Å²) in [5, 5.41) is 2.86. The fourth-order valence-corrected chi connectivity index (χ4v) is 3.53. The highest BCUT2D eigenvalue weighted by molar-refractivity contribution is 9.10. The lowest BCUT2D eigenvalue weighted by Gasteiger charge is -2.26. The molecule has 2 aromatic carbocycles. The fourth-order valence-electron chi connectivity index (χ4n) is 3.16. The van der Waals surface area contributed by atoms with Crippen LogP contribution in [0.15, 0.2) is 53.0 Å². The molecule has 3 rings (SSSR count). The van der Waals surface area contributed by atoms with E-state index in [2.05, 4.69) is 21.2 Å². The summed E-state index contributed by atoms with van der Waals surface area (Å²) in [6.07, 6.45) is 0.451. The average molecular weight is 433 g/mol. The molecule has 1 aliphatic rings. The van der Waals surface area contributed by atoms with Crippen LogP contribution >= 0.6 is 15.9 Å². The molecule has 7 heteroatoms. The van der Waals surface area contributed by atoms with Gasteiger partial charge in [0.1, 0.15) is 23.6 Å². The highest BCUT2D eigenvalue weighted by atomic mass is 79.9. The number of nitrogens with zero attached hydrogens (tertiary/aromatic N) is 1. The number of amides is 3. The van der Waals surface area contributed by atoms with Crippen LogP contribution in [0.4, 0.5) is 4.79 Å². The monoisotopic (exact) mass is 432 g/mol. The number of hydrogen-bond acceptors (Lipinski definition) is 4. The van der Waals surface area contributed by atoms with Crippen molar-refractivity contribution in [1.82, 2.24) is 10.2 Å². The lowest BCUT2D eigenvalue weighted by molar-refractivity contribution is -0.132. The number of rotatable bonds is 7. The van der Waals surface area contributed by atoms with E-state index >= 15 is 0 Å². The number of hydrogen-bond donors (Lipinski definition) is 1. The van der Waals surface area contributed by atoms with Crippen molar-refractivity contribution in [2.45, 2.75) is 18.9 Å². The third kappa shape index (κ3) is 3.78. The molecule has 0 bridgehead atoms. The molecule has 0 aliphatic carbocycles. The van der Waals surface area contributed by atoms with E-state index in [4.69, 9.17) is 9.47 Å². The van der Waals surface area contributed by atoms with Crippen LogP contribution < -0.4 is 14.8 Å². The molecule has 1 fully saturated rings. The minimum Gasteiger partial charge on any atom is -0.497 e. The molecule has 27 heavy (non-hydrogen) atoms. The standard InChI is InChI=1S/C20H21BrN2O4/c1-3-20(14-7-9-16(26-2)10-8-14)18(24)23(19(25)22-20)11-12-27-17-6-4-5-15(21)13-17/h4-10,13H,3,11-12H2,1-2H3,(H,22,25). The van der Waals surface area contributed by atoms with Gasteiger partial charge in [-0.15, -0.1) is 0 Å². The van der Waals surface area contributed by atoms with Gasteiger partial charge in [0.15, 0.2) is 0 Å². The van der Waals surface area contributed by atoms with E-state index in [1.807, 2.05) is 43.3 Å². The third-order valence-electron chi connectivity index (χ3n) is 4.67. The van der Waals surface area contributed by atoms with Crippen molar-refractivity contribution in [2.75, 3.05) is 20.3 Å². The Hall–Kier alpha value is -2.54. The van der Waals surface area contributed by atoms with Gasteiger partial charge >= 0.3 is 6.03 Å². The molecule has 1 unspecified atom stereocenters. The SMILES string of the molecule is CCC1(c2ccc(OC)cc2)NC(=O)N(CCOc2cccc(Br)c2)C1=O. The van der Waals surface area contributed by atoms with E-state index in [1.165, 1.54) is 4.90 Å². The Kier molecular flexibility index (Phi) is 5.70. The van der Waals surface area contributed by atoms with E-state index in [0.29, 0.717) is 17.9 Å². The number of urea groups is 1. The smallest absolute Gasteiger partial charge is 0.325 e. The van der Waals surface area contributed by atoms with Crippen molar-refractivity contribution in [3.8, 4) is 11.5 Å². The molecular formula is C20H21BrN2O4. The molecule has 1 saturated heterocycles. The largest absolute Gasteiger partial charge is 0.497 e. The van der Waals surface area contributed by atoms with Crippen LogP contribution in [0, 0.1) is 0 Å². The minimum absolute atomic E-state index is 0.176. The summed E-state index contributed by atoms with van der Waals surface area (Å²) in [5.41, 5.74) is -0.321. The van der Waals surface area contributed by atoms with Gasteiger partial charge in [-0.25, -0.2) is 4.79 Å². The molecule has 0 spiro atoms. The van der Waals surface area contributed by atoms with Crippen molar-refractivity contribution in [1.29, 1.82) is 0 Å². The lowest BCUT2D eigenvalue weighted by Crippen LogP contribution is -2.43. The number of ether oxygens (including phenoxy) is 2. The second kappa shape index (κ2) is 8.00. The highest BCUT2D eigenvalue weighted by Crippen LogP contribution is 2.33. The molecular weight excluding hydrogens is 412 g/mol. The van der Waals surface area contributed by atoms with Crippen molar-refractivity contribution in [3.63, 3.8) is 0 Å². The first kappa shape index (κ1) is 19.2.